The summed E-state index contributed by atoms with van der Waals surface area (Å²) in [5.41, 5.74) is 0.162. The van der Waals surface area contributed by atoms with Crippen molar-refractivity contribution in [2.24, 2.45) is 0 Å². The molecule has 0 amide bonds. The number of hydrogen-bond acceptors (Lipinski definition) is 3. The van der Waals surface area contributed by atoms with E-state index in [0.29, 0.717) is 6.42 Å². The van der Waals surface area contributed by atoms with E-state index in [1.54, 1.807) is 6.07 Å². The van der Waals surface area contributed by atoms with Crippen molar-refractivity contribution >= 4 is 16.1 Å². The summed E-state index contributed by atoms with van der Waals surface area (Å²) in [6.07, 6.45) is 9.18. The highest BCUT2D eigenvalue weighted by atomic mass is 32.2. The van der Waals surface area contributed by atoms with Crippen molar-refractivity contribution in [3.8, 4) is 0 Å². The van der Waals surface area contributed by atoms with Gasteiger partial charge in [-0.2, -0.15) is 8.42 Å². The molecule has 1 aromatic rings. The maximum Gasteiger partial charge on any atom is 0.311 e. The lowest BCUT2D eigenvalue weighted by atomic mass is 9.93. The van der Waals surface area contributed by atoms with Crippen molar-refractivity contribution in [1.82, 2.24) is 0 Å². The number of aliphatic carboxylic acids is 1. The molecule has 0 fully saturated rings. The lowest BCUT2D eigenvalue weighted by Crippen LogP contribution is -2.15. The van der Waals surface area contributed by atoms with Crippen molar-refractivity contribution in [3.63, 3.8) is 0 Å². The molecule has 6 heteroatoms. The van der Waals surface area contributed by atoms with Crippen molar-refractivity contribution in [2.45, 2.75) is 75.5 Å². The first-order valence-electron chi connectivity index (χ1n) is 8.67. The molecular formula is C18H28O5S. The number of rotatable bonds is 12. The Morgan fingerprint density at radius 3 is 2.08 bits per heavy atom. The zero-order valence-electron chi connectivity index (χ0n) is 14.3. The monoisotopic (exact) mass is 356 g/mol. The molecule has 136 valence electrons. The Balaban J connectivity index is 2.59. The summed E-state index contributed by atoms with van der Waals surface area (Å²) >= 11 is 0. The summed E-state index contributed by atoms with van der Waals surface area (Å²) < 4.78 is 32.2. The van der Waals surface area contributed by atoms with Gasteiger partial charge in [-0.15, -0.1) is 0 Å². The second-order valence-corrected chi connectivity index (χ2v) is 7.56. The molecule has 0 aliphatic rings. The van der Waals surface area contributed by atoms with Crippen molar-refractivity contribution in [3.05, 3.63) is 29.8 Å². The average molecular weight is 356 g/mol. The van der Waals surface area contributed by atoms with Gasteiger partial charge in [0.25, 0.3) is 10.1 Å². The van der Waals surface area contributed by atoms with Crippen LogP contribution in [0.15, 0.2) is 29.2 Å². The maximum absolute atomic E-state index is 11.5. The molecule has 0 bridgehead atoms. The molecule has 1 atom stereocenters. The number of hydrogen-bond donors (Lipinski definition) is 2. The summed E-state index contributed by atoms with van der Waals surface area (Å²) in [5.74, 6) is -1.97. The van der Waals surface area contributed by atoms with Gasteiger partial charge in [-0.3, -0.25) is 9.35 Å². The van der Waals surface area contributed by atoms with E-state index in [-0.39, 0.29) is 10.5 Å². The summed E-state index contributed by atoms with van der Waals surface area (Å²) in [5, 5.41) is 9.44. The zero-order valence-corrected chi connectivity index (χ0v) is 15.1. The van der Waals surface area contributed by atoms with E-state index in [9.17, 15) is 22.9 Å². The molecule has 0 saturated heterocycles. The standard InChI is InChI=1S/C18H28O5S/c1-2-3-4-5-6-7-8-9-13-16(18(19)20)15-12-10-11-14-17(15)24(21,22)23/h10-12,14,16H,2-9,13H2,1H3,(H,19,20)(H,21,22,23). The summed E-state index contributed by atoms with van der Waals surface area (Å²) in [7, 11) is -4.42. The minimum absolute atomic E-state index is 0.162. The quantitative estimate of drug-likeness (QED) is 0.421. The van der Waals surface area contributed by atoms with Crippen LogP contribution >= 0.6 is 0 Å². The van der Waals surface area contributed by atoms with Gasteiger partial charge in [0, 0.05) is 0 Å². The first-order valence-corrected chi connectivity index (χ1v) is 10.1. The molecule has 24 heavy (non-hydrogen) atoms. The first-order chi connectivity index (χ1) is 11.4. The second kappa shape index (κ2) is 10.5. The third kappa shape index (κ3) is 7.01. The van der Waals surface area contributed by atoms with E-state index in [4.69, 9.17) is 0 Å². The number of carboxylic acids is 1. The van der Waals surface area contributed by atoms with Gasteiger partial charge in [0.15, 0.2) is 0 Å². The molecular weight excluding hydrogens is 328 g/mol. The van der Waals surface area contributed by atoms with Crippen LogP contribution in [0.25, 0.3) is 0 Å². The van der Waals surface area contributed by atoms with Crippen LogP contribution < -0.4 is 0 Å². The van der Waals surface area contributed by atoms with Crippen LogP contribution in [-0.2, 0) is 14.9 Å². The minimum atomic E-state index is -4.42. The van der Waals surface area contributed by atoms with E-state index in [2.05, 4.69) is 6.92 Å². The molecule has 0 spiro atoms. The van der Waals surface area contributed by atoms with E-state index in [1.807, 2.05) is 0 Å². The van der Waals surface area contributed by atoms with Crippen LogP contribution in [0.3, 0.4) is 0 Å². The predicted molar refractivity (Wildman–Crippen MR) is 93.9 cm³/mol. The molecule has 1 aromatic carbocycles. The Morgan fingerprint density at radius 2 is 1.54 bits per heavy atom. The molecule has 2 N–H and O–H groups in total. The van der Waals surface area contributed by atoms with Gasteiger partial charge in [0.1, 0.15) is 0 Å². The van der Waals surface area contributed by atoms with Gasteiger partial charge in [-0.25, -0.2) is 0 Å². The second-order valence-electron chi connectivity index (χ2n) is 6.17. The molecule has 0 aromatic heterocycles. The van der Waals surface area contributed by atoms with Crippen LogP contribution in [0.5, 0.6) is 0 Å². The Hall–Kier alpha value is -1.40. The fourth-order valence-corrected chi connectivity index (χ4v) is 3.66. The predicted octanol–water partition coefficient (Wildman–Crippen LogP) is 4.63. The average Bonchev–Trinajstić information content (AvgIpc) is 2.52. The molecule has 0 aliphatic heterocycles. The van der Waals surface area contributed by atoms with Gasteiger partial charge in [0.2, 0.25) is 0 Å². The largest absolute Gasteiger partial charge is 0.481 e. The highest BCUT2D eigenvalue weighted by Gasteiger charge is 2.26. The van der Waals surface area contributed by atoms with Crippen molar-refractivity contribution < 1.29 is 22.9 Å². The molecule has 0 heterocycles. The lowest BCUT2D eigenvalue weighted by Gasteiger charge is -2.15. The van der Waals surface area contributed by atoms with E-state index < -0.39 is 22.0 Å². The first kappa shape index (κ1) is 20.6. The minimum Gasteiger partial charge on any atom is -0.481 e. The number of unbranched alkanes of at least 4 members (excludes halogenated alkanes) is 7. The van der Waals surface area contributed by atoms with Gasteiger partial charge in [-0.05, 0) is 18.1 Å². The van der Waals surface area contributed by atoms with E-state index >= 15 is 0 Å². The van der Waals surface area contributed by atoms with Crippen LogP contribution in [0.4, 0.5) is 0 Å². The van der Waals surface area contributed by atoms with E-state index in [1.165, 1.54) is 43.9 Å². The Labute approximate surface area is 144 Å². The third-order valence-corrected chi connectivity index (χ3v) is 5.14. The van der Waals surface area contributed by atoms with Gasteiger partial charge in [0.05, 0.1) is 10.8 Å². The number of benzene rings is 1. The maximum atomic E-state index is 11.5. The van der Waals surface area contributed by atoms with Crippen molar-refractivity contribution in [1.29, 1.82) is 0 Å². The lowest BCUT2D eigenvalue weighted by molar-refractivity contribution is -0.139. The molecule has 1 rings (SSSR count). The number of carbonyl (C=O) groups is 1. The van der Waals surface area contributed by atoms with Gasteiger partial charge < -0.3 is 5.11 Å². The summed E-state index contributed by atoms with van der Waals surface area (Å²) in [6.45, 7) is 2.18. The topological polar surface area (TPSA) is 91.7 Å². The summed E-state index contributed by atoms with van der Waals surface area (Å²) in [6, 6.07) is 5.77. The molecule has 0 saturated carbocycles. The zero-order chi connectivity index (χ0) is 18.0. The highest BCUT2D eigenvalue weighted by Crippen LogP contribution is 2.29. The molecule has 0 radical (unpaired) electrons. The van der Waals surface area contributed by atoms with E-state index in [0.717, 1.165) is 25.7 Å². The van der Waals surface area contributed by atoms with Crippen LogP contribution in [0.2, 0.25) is 0 Å². The van der Waals surface area contributed by atoms with Crippen LogP contribution in [0, 0.1) is 0 Å². The Bertz CT molecular complexity index is 610. The van der Waals surface area contributed by atoms with Crippen LogP contribution in [0.1, 0.15) is 76.2 Å². The van der Waals surface area contributed by atoms with Crippen LogP contribution in [-0.4, -0.2) is 24.0 Å². The number of carboxylic acid groups (broad SMARTS) is 1. The fourth-order valence-electron chi connectivity index (χ4n) is 2.90. The Morgan fingerprint density at radius 1 is 1.00 bits per heavy atom. The fraction of sp³-hybridized carbons (Fsp3) is 0.611. The SMILES string of the molecule is CCCCCCCCCCC(C(=O)O)c1ccccc1S(=O)(=O)O. The third-order valence-electron chi connectivity index (χ3n) is 4.22. The summed E-state index contributed by atoms with van der Waals surface area (Å²) in [4.78, 5) is 11.2. The highest BCUT2D eigenvalue weighted by molar-refractivity contribution is 7.85. The van der Waals surface area contributed by atoms with Gasteiger partial charge in [-0.1, -0.05) is 76.5 Å². The normalized spacial score (nSPS) is 12.9. The van der Waals surface area contributed by atoms with Crippen molar-refractivity contribution in [2.75, 3.05) is 0 Å². The molecule has 1 unspecified atom stereocenters. The molecule has 0 aliphatic carbocycles. The van der Waals surface area contributed by atoms with Gasteiger partial charge >= 0.3 is 5.97 Å². The smallest absolute Gasteiger partial charge is 0.311 e. The Kier molecular flexibility index (Phi) is 9.00. The molecule has 5 nitrogen and oxygen atoms in total.